The van der Waals surface area contributed by atoms with Gasteiger partial charge in [0.2, 0.25) is 0 Å². The van der Waals surface area contributed by atoms with Crippen LogP contribution in [-0.4, -0.2) is 24.7 Å². The highest BCUT2D eigenvalue weighted by atomic mass is 16.5. The van der Waals surface area contributed by atoms with Crippen LogP contribution in [0.25, 0.3) is 23.1 Å². The molecule has 27 heavy (non-hydrogen) atoms. The molecule has 138 valence electrons. The number of aromatic nitrogens is 1. The molecule has 0 bridgehead atoms. The van der Waals surface area contributed by atoms with Crippen molar-refractivity contribution in [1.82, 2.24) is 4.98 Å². The Hall–Kier alpha value is -3.34. The second kappa shape index (κ2) is 8.36. The van der Waals surface area contributed by atoms with E-state index in [4.69, 9.17) is 9.47 Å². The number of benzene rings is 2. The minimum absolute atomic E-state index is 0.127. The molecule has 0 N–H and O–H groups in total. The highest BCUT2D eigenvalue weighted by molar-refractivity contribution is 6.02. The normalized spacial score (nSPS) is 11.0. The minimum atomic E-state index is -1.22. The predicted molar refractivity (Wildman–Crippen MR) is 104 cm³/mol. The number of carboxylic acid groups (broad SMARTS) is 1. The van der Waals surface area contributed by atoms with E-state index in [2.05, 4.69) is 4.98 Å². The van der Waals surface area contributed by atoms with Crippen molar-refractivity contribution in [3.63, 3.8) is 0 Å². The zero-order chi connectivity index (χ0) is 19.2. The zero-order valence-corrected chi connectivity index (χ0v) is 15.3. The Balaban J connectivity index is 1.95. The molecule has 0 aliphatic heterocycles. The van der Waals surface area contributed by atoms with Crippen molar-refractivity contribution in [2.75, 3.05) is 13.7 Å². The minimum Gasteiger partial charge on any atom is -0.545 e. The lowest BCUT2D eigenvalue weighted by Gasteiger charge is -2.11. The molecule has 0 fully saturated rings. The van der Waals surface area contributed by atoms with Crippen LogP contribution in [0, 0.1) is 0 Å². The van der Waals surface area contributed by atoms with Gasteiger partial charge in [-0.1, -0.05) is 37.3 Å². The number of para-hydroxylation sites is 1. The van der Waals surface area contributed by atoms with Gasteiger partial charge in [-0.25, -0.2) is 4.98 Å². The maximum Gasteiger partial charge on any atom is 0.161 e. The third kappa shape index (κ3) is 4.26. The van der Waals surface area contributed by atoms with Gasteiger partial charge in [0.25, 0.3) is 0 Å². The molecule has 0 aliphatic rings. The smallest absolute Gasteiger partial charge is 0.161 e. The fourth-order valence-electron chi connectivity index (χ4n) is 2.75. The Morgan fingerprint density at radius 1 is 1.11 bits per heavy atom. The van der Waals surface area contributed by atoms with Gasteiger partial charge in [0.15, 0.2) is 11.5 Å². The van der Waals surface area contributed by atoms with Crippen LogP contribution < -0.4 is 14.6 Å². The van der Waals surface area contributed by atoms with Crippen LogP contribution in [0.5, 0.6) is 11.5 Å². The van der Waals surface area contributed by atoms with E-state index in [0.717, 1.165) is 12.0 Å². The molecule has 5 nitrogen and oxygen atoms in total. The average Bonchev–Trinajstić information content (AvgIpc) is 2.69. The quantitative estimate of drug-likeness (QED) is 0.643. The standard InChI is InChI=1S/C22H21NO4/c1-3-12-27-21-13-15(9-11-20(21)26-2)8-10-16-14-18(22(24)25)17-6-4-5-7-19(17)23-16/h4-11,13-14H,3,12H2,1-2H3,(H,24,25)/p-1/b10-8+. The number of carbonyl (C=O) groups excluding carboxylic acids is 1. The maximum atomic E-state index is 11.5. The number of aromatic carboxylic acids is 1. The Morgan fingerprint density at radius 2 is 1.93 bits per heavy atom. The van der Waals surface area contributed by atoms with E-state index in [0.29, 0.717) is 34.7 Å². The number of hydrogen-bond donors (Lipinski definition) is 0. The Bertz CT molecular complexity index is 995. The van der Waals surface area contributed by atoms with Crippen LogP contribution in [0.1, 0.15) is 35.0 Å². The molecular weight excluding hydrogens is 342 g/mol. The van der Waals surface area contributed by atoms with Crippen LogP contribution in [0.2, 0.25) is 0 Å². The molecule has 1 aromatic heterocycles. The largest absolute Gasteiger partial charge is 0.545 e. The molecule has 3 aromatic rings. The number of rotatable bonds is 7. The molecule has 0 aliphatic carbocycles. The van der Waals surface area contributed by atoms with Crippen LogP contribution in [0.3, 0.4) is 0 Å². The summed E-state index contributed by atoms with van der Waals surface area (Å²) in [6, 6.07) is 14.2. The van der Waals surface area contributed by atoms with Crippen LogP contribution in [-0.2, 0) is 0 Å². The summed E-state index contributed by atoms with van der Waals surface area (Å²) in [6.45, 7) is 2.64. The van der Waals surface area contributed by atoms with Gasteiger partial charge in [0, 0.05) is 10.9 Å². The number of carbonyl (C=O) groups is 1. The van der Waals surface area contributed by atoms with Gasteiger partial charge in [-0.15, -0.1) is 0 Å². The molecule has 0 saturated carbocycles. The van der Waals surface area contributed by atoms with Crippen LogP contribution >= 0.6 is 0 Å². The third-order valence-electron chi connectivity index (χ3n) is 4.05. The first-order valence-electron chi connectivity index (χ1n) is 8.72. The van der Waals surface area contributed by atoms with Gasteiger partial charge < -0.3 is 19.4 Å². The van der Waals surface area contributed by atoms with Crippen molar-refractivity contribution in [3.05, 3.63) is 65.4 Å². The lowest BCUT2D eigenvalue weighted by Crippen LogP contribution is -2.22. The number of methoxy groups -OCH3 is 1. The zero-order valence-electron chi connectivity index (χ0n) is 15.3. The van der Waals surface area contributed by atoms with Crippen molar-refractivity contribution in [2.24, 2.45) is 0 Å². The highest BCUT2D eigenvalue weighted by Crippen LogP contribution is 2.29. The number of nitrogens with zero attached hydrogens (tertiary/aromatic N) is 1. The van der Waals surface area contributed by atoms with Gasteiger partial charge in [-0.05, 0) is 42.3 Å². The van der Waals surface area contributed by atoms with Crippen LogP contribution in [0.4, 0.5) is 0 Å². The van der Waals surface area contributed by atoms with Gasteiger partial charge in [-0.2, -0.15) is 0 Å². The summed E-state index contributed by atoms with van der Waals surface area (Å²) in [5.74, 6) is 0.120. The summed E-state index contributed by atoms with van der Waals surface area (Å²) in [7, 11) is 1.60. The van der Waals surface area contributed by atoms with Gasteiger partial charge >= 0.3 is 0 Å². The van der Waals surface area contributed by atoms with E-state index in [1.807, 2.05) is 37.3 Å². The molecule has 0 radical (unpaired) electrons. The van der Waals surface area contributed by atoms with Crippen molar-refractivity contribution in [1.29, 1.82) is 0 Å². The topological polar surface area (TPSA) is 71.5 Å². The number of ether oxygens (including phenoxy) is 2. The van der Waals surface area contributed by atoms with Gasteiger partial charge in [0.05, 0.1) is 30.9 Å². The fourth-order valence-corrected chi connectivity index (χ4v) is 2.75. The molecule has 5 heteroatoms. The van der Waals surface area contributed by atoms with Crippen LogP contribution in [0.15, 0.2) is 48.5 Å². The monoisotopic (exact) mass is 362 g/mol. The summed E-state index contributed by atoms with van der Waals surface area (Å²) in [4.78, 5) is 16.0. The second-order valence-corrected chi connectivity index (χ2v) is 5.99. The number of carboxylic acids is 1. The molecule has 0 atom stereocenters. The summed E-state index contributed by atoms with van der Waals surface area (Å²) in [5.41, 5.74) is 2.18. The maximum absolute atomic E-state index is 11.5. The van der Waals surface area contributed by atoms with Crippen molar-refractivity contribution in [2.45, 2.75) is 13.3 Å². The Kier molecular flexibility index (Phi) is 5.71. The second-order valence-electron chi connectivity index (χ2n) is 5.99. The molecule has 1 heterocycles. The van der Waals surface area contributed by atoms with Gasteiger partial charge in [-0.3, -0.25) is 0 Å². The first kappa shape index (κ1) is 18.5. The van der Waals surface area contributed by atoms with Crippen molar-refractivity contribution >= 4 is 29.0 Å². The first-order chi connectivity index (χ1) is 13.1. The molecule has 0 amide bonds. The first-order valence-corrected chi connectivity index (χ1v) is 8.72. The summed E-state index contributed by atoms with van der Waals surface area (Å²) < 4.78 is 11.0. The van der Waals surface area contributed by atoms with E-state index >= 15 is 0 Å². The van der Waals surface area contributed by atoms with E-state index in [1.54, 1.807) is 31.4 Å². The summed E-state index contributed by atoms with van der Waals surface area (Å²) in [6.07, 6.45) is 4.52. The molecule has 0 spiro atoms. The van der Waals surface area contributed by atoms with Crippen molar-refractivity contribution < 1.29 is 19.4 Å². The summed E-state index contributed by atoms with van der Waals surface area (Å²) >= 11 is 0. The molecule has 2 aromatic carbocycles. The Morgan fingerprint density at radius 3 is 2.67 bits per heavy atom. The molecule has 0 saturated heterocycles. The highest BCUT2D eigenvalue weighted by Gasteiger charge is 2.06. The molecular formula is C22H20NO4-. The average molecular weight is 362 g/mol. The van der Waals surface area contributed by atoms with Gasteiger partial charge in [0.1, 0.15) is 0 Å². The number of fused-ring (bicyclic) bond motifs is 1. The lowest BCUT2D eigenvalue weighted by molar-refractivity contribution is -0.254. The lowest BCUT2D eigenvalue weighted by atomic mass is 10.1. The fraction of sp³-hybridized carbons (Fsp3) is 0.182. The Labute approximate surface area is 157 Å². The van der Waals surface area contributed by atoms with E-state index < -0.39 is 5.97 Å². The SMILES string of the molecule is CCCOc1cc(/C=C/c2cc(C(=O)[O-])c3ccccc3n2)ccc1OC. The number of hydrogen-bond acceptors (Lipinski definition) is 5. The predicted octanol–water partition coefficient (Wildman–Crippen LogP) is 3.57. The van der Waals surface area contributed by atoms with E-state index in [9.17, 15) is 9.90 Å². The van der Waals surface area contributed by atoms with E-state index in [-0.39, 0.29) is 5.56 Å². The molecule has 0 unspecified atom stereocenters. The van der Waals surface area contributed by atoms with E-state index in [1.165, 1.54) is 6.07 Å². The molecule has 3 rings (SSSR count). The summed E-state index contributed by atoms with van der Waals surface area (Å²) in [5, 5.41) is 12.0. The third-order valence-corrected chi connectivity index (χ3v) is 4.05. The number of pyridine rings is 1. The van der Waals surface area contributed by atoms with Crippen molar-refractivity contribution in [3.8, 4) is 11.5 Å².